The van der Waals surface area contributed by atoms with Crippen LogP contribution < -0.4 is 15.4 Å². The number of H-pyrrole nitrogens is 1. The van der Waals surface area contributed by atoms with Crippen LogP contribution in [0.3, 0.4) is 0 Å². The van der Waals surface area contributed by atoms with E-state index >= 15 is 0 Å². The monoisotopic (exact) mass is 512 g/mol. The lowest BCUT2D eigenvalue weighted by Gasteiger charge is -2.15. The van der Waals surface area contributed by atoms with Crippen LogP contribution in [0, 0.1) is 13.8 Å². The molecule has 2 aliphatic rings. The van der Waals surface area contributed by atoms with Crippen LogP contribution in [-0.2, 0) is 4.79 Å². The van der Waals surface area contributed by atoms with E-state index in [1.165, 1.54) is 0 Å². The number of aromatic amines is 1. The summed E-state index contributed by atoms with van der Waals surface area (Å²) >= 11 is 0. The quantitative estimate of drug-likeness (QED) is 0.411. The third kappa shape index (κ3) is 4.69. The Balaban J connectivity index is 1.40. The van der Waals surface area contributed by atoms with Gasteiger partial charge in [-0.1, -0.05) is 12.1 Å². The molecule has 3 amide bonds. The molecule has 38 heavy (non-hydrogen) atoms. The van der Waals surface area contributed by atoms with Gasteiger partial charge in [0.05, 0.1) is 24.3 Å². The Labute approximate surface area is 222 Å². The fraction of sp³-hybridized carbons (Fsp3) is 0.300. The van der Waals surface area contributed by atoms with E-state index in [1.807, 2.05) is 49.9 Å². The maximum Gasteiger partial charge on any atom is 0.256 e. The molecule has 3 heterocycles. The van der Waals surface area contributed by atoms with Crippen molar-refractivity contribution in [3.05, 3.63) is 81.7 Å². The van der Waals surface area contributed by atoms with Gasteiger partial charge in [-0.25, -0.2) is 0 Å². The van der Waals surface area contributed by atoms with Crippen molar-refractivity contribution in [3.8, 4) is 5.75 Å². The highest BCUT2D eigenvalue weighted by atomic mass is 16.5. The number of nitrogens with one attached hydrogen (secondary N) is 3. The molecular weight excluding hydrogens is 480 g/mol. The van der Waals surface area contributed by atoms with Gasteiger partial charge in [0.1, 0.15) is 5.75 Å². The molecule has 8 nitrogen and oxygen atoms in total. The van der Waals surface area contributed by atoms with Gasteiger partial charge in [-0.15, -0.1) is 0 Å². The molecule has 3 aromatic rings. The third-order valence-corrected chi connectivity index (χ3v) is 7.40. The summed E-state index contributed by atoms with van der Waals surface area (Å²) in [6, 6.07) is 12.5. The molecule has 3 N–H and O–H groups in total. The summed E-state index contributed by atoms with van der Waals surface area (Å²) in [5.41, 5.74) is 6.13. The number of hydrogen-bond donors (Lipinski definition) is 3. The van der Waals surface area contributed by atoms with Gasteiger partial charge < -0.3 is 25.3 Å². The zero-order chi connectivity index (χ0) is 27.0. The SMILES string of the molecule is COc1ccc([C@H](C)NC(=O)c2ccc3c(c2)C(=Cc2[nH]c(C)c(C(=O)N4CCCC4)c2C)C(=O)N3)cc1. The Bertz CT molecular complexity index is 1450. The van der Waals surface area contributed by atoms with E-state index in [4.69, 9.17) is 4.74 Å². The number of anilines is 1. The Hall–Kier alpha value is -4.33. The summed E-state index contributed by atoms with van der Waals surface area (Å²) in [7, 11) is 1.61. The number of hydrogen-bond acceptors (Lipinski definition) is 4. The summed E-state index contributed by atoms with van der Waals surface area (Å²) in [5.74, 6) is 0.297. The fourth-order valence-electron chi connectivity index (χ4n) is 5.19. The summed E-state index contributed by atoms with van der Waals surface area (Å²) < 4.78 is 5.21. The number of ether oxygens (including phenoxy) is 1. The normalized spacial score (nSPS) is 16.4. The van der Waals surface area contributed by atoms with Crippen LogP contribution in [0.4, 0.5) is 5.69 Å². The maximum absolute atomic E-state index is 13.1. The third-order valence-electron chi connectivity index (χ3n) is 7.40. The van der Waals surface area contributed by atoms with E-state index < -0.39 is 0 Å². The number of carbonyl (C=O) groups excluding carboxylic acids is 3. The number of aryl methyl sites for hydroxylation is 1. The molecule has 8 heteroatoms. The number of fused-ring (bicyclic) bond motifs is 1. The molecule has 5 rings (SSSR count). The Morgan fingerprint density at radius 3 is 2.47 bits per heavy atom. The summed E-state index contributed by atoms with van der Waals surface area (Å²) in [5, 5.41) is 5.90. The highest BCUT2D eigenvalue weighted by Gasteiger charge is 2.28. The van der Waals surface area contributed by atoms with Crippen LogP contribution in [0.15, 0.2) is 42.5 Å². The van der Waals surface area contributed by atoms with Crippen molar-refractivity contribution >= 4 is 35.1 Å². The number of aromatic nitrogens is 1. The van der Waals surface area contributed by atoms with Gasteiger partial charge >= 0.3 is 0 Å². The van der Waals surface area contributed by atoms with Crippen molar-refractivity contribution in [3.63, 3.8) is 0 Å². The number of amides is 3. The van der Waals surface area contributed by atoms with Gasteiger partial charge in [0.25, 0.3) is 17.7 Å². The van der Waals surface area contributed by atoms with Crippen LogP contribution in [0.2, 0.25) is 0 Å². The topological polar surface area (TPSA) is 104 Å². The maximum atomic E-state index is 13.1. The first kappa shape index (κ1) is 25.3. The lowest BCUT2D eigenvalue weighted by molar-refractivity contribution is -0.110. The molecule has 1 saturated heterocycles. The number of carbonyl (C=O) groups is 3. The van der Waals surface area contributed by atoms with E-state index in [1.54, 1.807) is 31.4 Å². The standard InChI is InChI=1S/C30H32N4O4/c1-17-26(31-19(3)27(17)30(37)34-13-5-6-14-34)16-24-23-15-21(9-12-25(23)33-29(24)36)28(35)32-18(2)20-7-10-22(38-4)11-8-20/h7-12,15-16,18,31H,5-6,13-14H2,1-4H3,(H,32,35)(H,33,36)/t18-/m0/s1. The zero-order valence-corrected chi connectivity index (χ0v) is 22.1. The number of likely N-dealkylation sites (tertiary alicyclic amines) is 1. The minimum atomic E-state index is -0.247. The average molecular weight is 513 g/mol. The smallest absolute Gasteiger partial charge is 0.256 e. The predicted octanol–water partition coefficient (Wildman–Crippen LogP) is 4.86. The van der Waals surface area contributed by atoms with Crippen molar-refractivity contribution in [1.82, 2.24) is 15.2 Å². The van der Waals surface area contributed by atoms with Gasteiger partial charge in [0, 0.05) is 41.3 Å². The van der Waals surface area contributed by atoms with Crippen LogP contribution in [0.1, 0.15) is 74.6 Å². The Kier molecular flexibility index (Phi) is 6.80. The van der Waals surface area contributed by atoms with E-state index in [2.05, 4.69) is 15.6 Å². The average Bonchev–Trinajstić information content (AvgIpc) is 3.62. The Morgan fingerprint density at radius 1 is 1.08 bits per heavy atom. The molecule has 196 valence electrons. The molecule has 2 aliphatic heterocycles. The van der Waals surface area contributed by atoms with Gasteiger partial charge in [0.2, 0.25) is 0 Å². The lowest BCUT2D eigenvalue weighted by atomic mass is 10.0. The highest BCUT2D eigenvalue weighted by Crippen LogP contribution is 2.35. The van der Waals surface area contributed by atoms with E-state index in [0.717, 1.165) is 48.5 Å². The minimum absolute atomic E-state index is 0.0274. The Morgan fingerprint density at radius 2 is 1.79 bits per heavy atom. The molecule has 0 spiro atoms. The van der Waals surface area contributed by atoms with Crippen molar-refractivity contribution in [2.24, 2.45) is 0 Å². The molecule has 0 unspecified atom stereocenters. The summed E-state index contributed by atoms with van der Waals surface area (Å²) in [6.45, 7) is 7.25. The largest absolute Gasteiger partial charge is 0.497 e. The van der Waals surface area contributed by atoms with Crippen LogP contribution >= 0.6 is 0 Å². The van der Waals surface area contributed by atoms with Crippen LogP contribution in [0.5, 0.6) is 5.75 Å². The first-order valence-electron chi connectivity index (χ1n) is 12.9. The summed E-state index contributed by atoms with van der Waals surface area (Å²) in [6.07, 6.45) is 3.82. The van der Waals surface area contributed by atoms with Gasteiger partial charge in [0.15, 0.2) is 0 Å². The van der Waals surface area contributed by atoms with Crippen molar-refractivity contribution < 1.29 is 19.1 Å². The molecular formula is C30H32N4O4. The van der Waals surface area contributed by atoms with Gasteiger partial charge in [-0.3, -0.25) is 14.4 Å². The molecule has 0 radical (unpaired) electrons. The van der Waals surface area contributed by atoms with E-state index in [-0.39, 0.29) is 23.8 Å². The number of methoxy groups -OCH3 is 1. The number of nitrogens with zero attached hydrogens (tertiary/aromatic N) is 1. The second-order valence-electron chi connectivity index (χ2n) is 9.90. The number of benzene rings is 2. The molecule has 2 aromatic carbocycles. The molecule has 0 bridgehead atoms. The molecule has 1 fully saturated rings. The molecule has 1 aromatic heterocycles. The molecule has 1 atom stereocenters. The fourth-order valence-corrected chi connectivity index (χ4v) is 5.19. The highest BCUT2D eigenvalue weighted by molar-refractivity contribution is 6.35. The molecule has 0 aliphatic carbocycles. The molecule has 0 saturated carbocycles. The summed E-state index contributed by atoms with van der Waals surface area (Å²) in [4.78, 5) is 44.3. The van der Waals surface area contributed by atoms with E-state index in [0.29, 0.717) is 33.6 Å². The number of rotatable bonds is 6. The second-order valence-corrected chi connectivity index (χ2v) is 9.90. The zero-order valence-electron chi connectivity index (χ0n) is 22.1. The van der Waals surface area contributed by atoms with Crippen LogP contribution in [-0.4, -0.2) is 47.8 Å². The first-order chi connectivity index (χ1) is 18.3. The van der Waals surface area contributed by atoms with Crippen molar-refractivity contribution in [1.29, 1.82) is 0 Å². The van der Waals surface area contributed by atoms with Gasteiger partial charge in [-0.05, 0) is 81.1 Å². The minimum Gasteiger partial charge on any atom is -0.497 e. The lowest BCUT2D eigenvalue weighted by Crippen LogP contribution is -2.28. The van der Waals surface area contributed by atoms with Crippen molar-refractivity contribution in [2.45, 2.75) is 39.7 Å². The van der Waals surface area contributed by atoms with Crippen molar-refractivity contribution in [2.75, 3.05) is 25.5 Å². The van der Waals surface area contributed by atoms with Crippen LogP contribution in [0.25, 0.3) is 11.6 Å². The van der Waals surface area contributed by atoms with E-state index in [9.17, 15) is 14.4 Å². The predicted molar refractivity (Wildman–Crippen MR) is 147 cm³/mol. The first-order valence-corrected chi connectivity index (χ1v) is 12.9. The second kappa shape index (κ2) is 10.2. The van der Waals surface area contributed by atoms with Gasteiger partial charge in [-0.2, -0.15) is 0 Å².